The standard InChI is InChI=1S/C8H13B3O3/c1-2-13-3-7(12)14-8(4-9,5-10)6-11/h2-6H2,1H3. The van der Waals surface area contributed by atoms with Crippen molar-refractivity contribution in [2.24, 2.45) is 0 Å². The highest BCUT2D eigenvalue weighted by molar-refractivity contribution is 6.16. The van der Waals surface area contributed by atoms with Crippen molar-refractivity contribution in [2.45, 2.75) is 31.5 Å². The summed E-state index contributed by atoms with van der Waals surface area (Å²) in [7, 11) is 16.3. The molecule has 0 fully saturated rings. The lowest BCUT2D eigenvalue weighted by molar-refractivity contribution is -0.159. The van der Waals surface area contributed by atoms with E-state index in [1.807, 2.05) is 0 Å². The Morgan fingerprint density at radius 1 is 1.21 bits per heavy atom. The van der Waals surface area contributed by atoms with Crippen LogP contribution in [0.15, 0.2) is 0 Å². The molecule has 6 heteroatoms. The topological polar surface area (TPSA) is 35.5 Å². The summed E-state index contributed by atoms with van der Waals surface area (Å²) < 4.78 is 9.93. The van der Waals surface area contributed by atoms with E-state index >= 15 is 0 Å². The van der Waals surface area contributed by atoms with E-state index in [1.54, 1.807) is 6.92 Å². The molecule has 0 heterocycles. The Bertz CT molecular complexity index is 163. The third-order valence-corrected chi connectivity index (χ3v) is 1.87. The molecular formula is C8H13B3O3. The summed E-state index contributed by atoms with van der Waals surface area (Å²) in [4.78, 5) is 11.2. The first kappa shape index (κ1) is 13.6. The van der Waals surface area contributed by atoms with Gasteiger partial charge in [0.25, 0.3) is 0 Å². The van der Waals surface area contributed by atoms with Crippen LogP contribution < -0.4 is 0 Å². The quantitative estimate of drug-likeness (QED) is 0.420. The van der Waals surface area contributed by atoms with Gasteiger partial charge in [-0.25, -0.2) is 4.79 Å². The Labute approximate surface area is 89.1 Å². The summed E-state index contributed by atoms with van der Waals surface area (Å²) in [5, 5.41) is 0. The predicted octanol–water partition coefficient (Wildman–Crippen LogP) is 0.0653. The van der Waals surface area contributed by atoms with Crippen LogP contribution >= 0.6 is 0 Å². The molecule has 0 amide bonds. The van der Waals surface area contributed by atoms with E-state index in [-0.39, 0.29) is 25.6 Å². The molecule has 0 aromatic heterocycles. The van der Waals surface area contributed by atoms with Gasteiger partial charge in [0.1, 0.15) is 6.61 Å². The summed E-state index contributed by atoms with van der Waals surface area (Å²) in [6.45, 7) is 2.14. The molecule has 0 saturated carbocycles. The van der Waals surface area contributed by atoms with E-state index < -0.39 is 11.6 Å². The Hall–Kier alpha value is -0.375. The molecule has 14 heavy (non-hydrogen) atoms. The third kappa shape index (κ3) is 4.22. The Balaban J connectivity index is 4.08. The fraction of sp³-hybridized carbons (Fsp3) is 0.875. The van der Waals surface area contributed by atoms with Crippen molar-refractivity contribution in [1.29, 1.82) is 0 Å². The Kier molecular flexibility index (Phi) is 6.80. The maximum Gasteiger partial charge on any atom is 0.332 e. The van der Waals surface area contributed by atoms with Gasteiger partial charge in [-0.15, -0.1) is 0 Å². The lowest BCUT2D eigenvalue weighted by atomic mass is 9.70. The second-order valence-electron chi connectivity index (χ2n) is 2.91. The van der Waals surface area contributed by atoms with E-state index in [4.69, 9.17) is 33.0 Å². The van der Waals surface area contributed by atoms with E-state index in [0.717, 1.165) is 0 Å². The van der Waals surface area contributed by atoms with E-state index in [1.165, 1.54) is 0 Å². The second kappa shape index (κ2) is 6.99. The highest BCUT2D eigenvalue weighted by atomic mass is 16.6. The highest BCUT2D eigenvalue weighted by Gasteiger charge is 2.26. The fourth-order valence-electron chi connectivity index (χ4n) is 0.831. The molecule has 72 valence electrons. The molecule has 0 rings (SSSR count). The molecule has 0 unspecified atom stereocenters. The van der Waals surface area contributed by atoms with Gasteiger partial charge in [0.15, 0.2) is 0 Å². The van der Waals surface area contributed by atoms with Crippen LogP contribution in [-0.2, 0) is 14.3 Å². The van der Waals surface area contributed by atoms with Crippen LogP contribution in [0.1, 0.15) is 6.92 Å². The summed E-state index contributed by atoms with van der Waals surface area (Å²) in [6, 6.07) is 0. The van der Waals surface area contributed by atoms with Crippen LogP contribution in [0.2, 0.25) is 19.0 Å². The van der Waals surface area contributed by atoms with Gasteiger partial charge in [0.2, 0.25) is 0 Å². The Morgan fingerprint density at radius 2 is 1.71 bits per heavy atom. The number of ether oxygens (including phenoxy) is 2. The zero-order chi connectivity index (χ0) is 11.0. The number of esters is 1. The smallest absolute Gasteiger partial charge is 0.332 e. The molecule has 0 aromatic rings. The summed E-state index contributed by atoms with van der Waals surface area (Å²) in [6.07, 6.45) is 0.327. The van der Waals surface area contributed by atoms with Gasteiger partial charge in [-0.2, -0.15) is 0 Å². The average molecular weight is 190 g/mol. The normalized spacial score (nSPS) is 11.2. The maximum atomic E-state index is 11.2. The van der Waals surface area contributed by atoms with Gasteiger partial charge >= 0.3 is 5.97 Å². The number of hydrogen-bond donors (Lipinski definition) is 0. The molecule has 0 aliphatic rings. The number of carbonyl (C=O) groups is 1. The number of rotatable bonds is 7. The van der Waals surface area contributed by atoms with Crippen LogP contribution in [-0.4, -0.2) is 48.3 Å². The lowest BCUT2D eigenvalue weighted by Crippen LogP contribution is -2.35. The van der Waals surface area contributed by atoms with Crippen molar-refractivity contribution < 1.29 is 14.3 Å². The predicted molar refractivity (Wildman–Crippen MR) is 57.0 cm³/mol. The molecule has 0 N–H and O–H groups in total. The van der Waals surface area contributed by atoms with Crippen molar-refractivity contribution in [1.82, 2.24) is 0 Å². The lowest BCUT2D eigenvalue weighted by Gasteiger charge is -2.31. The minimum absolute atomic E-state index is 0.0990. The fourth-order valence-corrected chi connectivity index (χ4v) is 0.831. The van der Waals surface area contributed by atoms with E-state index in [9.17, 15) is 4.79 Å². The van der Waals surface area contributed by atoms with E-state index in [0.29, 0.717) is 6.61 Å². The van der Waals surface area contributed by atoms with Crippen molar-refractivity contribution >= 4 is 29.5 Å². The summed E-state index contributed by atoms with van der Waals surface area (Å²) in [5.74, 6) is -0.492. The van der Waals surface area contributed by atoms with Gasteiger partial charge in [0, 0.05) is 6.61 Å². The zero-order valence-corrected chi connectivity index (χ0v) is 8.49. The van der Waals surface area contributed by atoms with Crippen LogP contribution in [0.25, 0.3) is 0 Å². The van der Waals surface area contributed by atoms with Gasteiger partial charge in [0.05, 0.1) is 29.1 Å². The van der Waals surface area contributed by atoms with Crippen molar-refractivity contribution in [3.05, 3.63) is 0 Å². The third-order valence-electron chi connectivity index (χ3n) is 1.87. The average Bonchev–Trinajstić information content (AvgIpc) is 2.23. The number of hydrogen-bond acceptors (Lipinski definition) is 3. The largest absolute Gasteiger partial charge is 0.460 e. The first-order chi connectivity index (χ1) is 6.64. The number of carbonyl (C=O) groups excluding carboxylic acids is 1. The molecule has 0 bridgehead atoms. The van der Waals surface area contributed by atoms with Crippen LogP contribution in [0.5, 0.6) is 0 Å². The zero-order valence-electron chi connectivity index (χ0n) is 8.49. The molecule has 0 aliphatic carbocycles. The van der Waals surface area contributed by atoms with Crippen molar-refractivity contribution in [2.75, 3.05) is 13.2 Å². The second-order valence-corrected chi connectivity index (χ2v) is 2.91. The summed E-state index contributed by atoms with van der Waals surface area (Å²) in [5.41, 5.74) is -0.950. The monoisotopic (exact) mass is 190 g/mol. The van der Waals surface area contributed by atoms with Crippen molar-refractivity contribution in [3.8, 4) is 0 Å². The summed E-state index contributed by atoms with van der Waals surface area (Å²) >= 11 is 0. The molecule has 0 aliphatic heterocycles. The SMILES string of the molecule is [B]CC(C[B])(C[B])OC(=O)COCC. The molecular weight excluding hydrogens is 177 g/mol. The van der Waals surface area contributed by atoms with Gasteiger partial charge in [-0.05, 0) is 6.92 Å². The van der Waals surface area contributed by atoms with Gasteiger partial charge in [-0.1, -0.05) is 19.0 Å². The first-order valence-electron chi connectivity index (χ1n) is 4.54. The molecule has 0 saturated heterocycles. The minimum Gasteiger partial charge on any atom is -0.460 e. The molecule has 6 radical (unpaired) electrons. The minimum atomic E-state index is -0.950. The van der Waals surface area contributed by atoms with Crippen LogP contribution in [0.4, 0.5) is 0 Å². The van der Waals surface area contributed by atoms with Gasteiger partial charge in [-0.3, -0.25) is 0 Å². The van der Waals surface area contributed by atoms with Crippen LogP contribution in [0, 0.1) is 0 Å². The first-order valence-corrected chi connectivity index (χ1v) is 4.54. The van der Waals surface area contributed by atoms with Gasteiger partial charge < -0.3 is 9.47 Å². The highest BCUT2D eigenvalue weighted by Crippen LogP contribution is 2.23. The molecule has 0 spiro atoms. The molecule has 0 aromatic carbocycles. The molecule has 0 atom stereocenters. The van der Waals surface area contributed by atoms with Crippen molar-refractivity contribution in [3.63, 3.8) is 0 Å². The van der Waals surface area contributed by atoms with E-state index in [2.05, 4.69) is 0 Å². The maximum absolute atomic E-state index is 11.2. The van der Waals surface area contributed by atoms with Crippen LogP contribution in [0.3, 0.4) is 0 Å². The Morgan fingerprint density at radius 3 is 2.07 bits per heavy atom. The molecule has 3 nitrogen and oxygen atoms in total.